The average Bonchev–Trinajstić information content (AvgIpc) is 3.18. The number of aliphatic hydroxyl groups excluding tert-OH is 1. The number of nitrogens with one attached hydrogen (secondary N) is 2. The van der Waals surface area contributed by atoms with E-state index < -0.39 is 16.1 Å². The predicted molar refractivity (Wildman–Crippen MR) is 111 cm³/mol. The molecule has 0 aromatic heterocycles. The van der Waals surface area contributed by atoms with Crippen LogP contribution >= 0.6 is 12.2 Å². The maximum atomic E-state index is 12.5. The number of hydrogen-bond donors (Lipinski definition) is 3. The van der Waals surface area contributed by atoms with Crippen molar-refractivity contribution in [2.24, 2.45) is 0 Å². The van der Waals surface area contributed by atoms with Crippen LogP contribution in [0.5, 0.6) is 0 Å². The van der Waals surface area contributed by atoms with Crippen LogP contribution in [0.2, 0.25) is 0 Å². The largest absolute Gasteiger partial charge is 0.389 e. The van der Waals surface area contributed by atoms with Crippen molar-refractivity contribution in [3.8, 4) is 0 Å². The Hall–Kier alpha value is -2.00. The monoisotopic (exact) mass is 405 g/mol. The Bertz CT molecular complexity index is 906. The minimum absolute atomic E-state index is 0.290. The third-order valence-corrected chi connectivity index (χ3v) is 6.56. The van der Waals surface area contributed by atoms with Gasteiger partial charge in [-0.1, -0.05) is 12.1 Å². The Kier molecular flexibility index (Phi) is 6.11. The van der Waals surface area contributed by atoms with Crippen LogP contribution in [0.4, 0.5) is 11.4 Å². The summed E-state index contributed by atoms with van der Waals surface area (Å²) >= 11 is 5.31. The summed E-state index contributed by atoms with van der Waals surface area (Å²) in [4.78, 5) is 0.290. The van der Waals surface area contributed by atoms with Gasteiger partial charge in [-0.3, -0.25) is 0 Å². The van der Waals surface area contributed by atoms with Gasteiger partial charge in [0, 0.05) is 24.5 Å². The summed E-state index contributed by atoms with van der Waals surface area (Å²) in [7, 11) is -3.41. The maximum absolute atomic E-state index is 12.5. The van der Waals surface area contributed by atoms with Crippen LogP contribution < -0.4 is 10.6 Å². The number of hydrogen-bond acceptors (Lipinski definition) is 4. The highest BCUT2D eigenvalue weighted by atomic mass is 32.2. The topological polar surface area (TPSA) is 81.7 Å². The molecule has 0 aliphatic carbocycles. The fourth-order valence-electron chi connectivity index (χ4n) is 2.96. The normalized spacial score (nSPS) is 16.1. The highest BCUT2D eigenvalue weighted by Gasteiger charge is 2.26. The molecule has 2 aromatic rings. The standard InChI is InChI=1S/C19H23N3O3S2/c1-14(23)15-5-4-6-17(13-15)21-19(26)20-16-7-9-18(10-8-16)27(24,25)22-11-2-3-12-22/h4-10,13-14,23H,2-3,11-12H2,1H3,(H2,20,21,26). The van der Waals surface area contributed by atoms with Gasteiger partial charge in [-0.05, 0) is 73.9 Å². The lowest BCUT2D eigenvalue weighted by molar-refractivity contribution is 0.199. The van der Waals surface area contributed by atoms with Crippen LogP contribution in [-0.2, 0) is 10.0 Å². The van der Waals surface area contributed by atoms with E-state index in [9.17, 15) is 13.5 Å². The second-order valence-corrected chi connectivity index (χ2v) is 8.86. The molecule has 1 aliphatic rings. The molecule has 27 heavy (non-hydrogen) atoms. The molecule has 0 saturated carbocycles. The van der Waals surface area contributed by atoms with Gasteiger partial charge in [0.1, 0.15) is 0 Å². The van der Waals surface area contributed by atoms with Crippen LogP contribution in [0.15, 0.2) is 53.4 Å². The maximum Gasteiger partial charge on any atom is 0.243 e. The molecule has 0 amide bonds. The molecule has 0 radical (unpaired) electrons. The van der Waals surface area contributed by atoms with Gasteiger partial charge < -0.3 is 15.7 Å². The van der Waals surface area contributed by atoms with E-state index in [0.29, 0.717) is 28.8 Å². The van der Waals surface area contributed by atoms with Crippen molar-refractivity contribution >= 4 is 38.7 Å². The molecule has 1 atom stereocenters. The van der Waals surface area contributed by atoms with Crippen LogP contribution in [-0.4, -0.2) is 36.0 Å². The van der Waals surface area contributed by atoms with Gasteiger partial charge in [0.25, 0.3) is 0 Å². The van der Waals surface area contributed by atoms with Crippen molar-refractivity contribution in [1.29, 1.82) is 0 Å². The molecule has 1 aliphatic heterocycles. The summed E-state index contributed by atoms with van der Waals surface area (Å²) in [6.45, 7) is 2.87. The second kappa shape index (κ2) is 8.35. The van der Waals surface area contributed by atoms with Crippen molar-refractivity contribution in [2.45, 2.75) is 30.8 Å². The number of rotatable bonds is 5. The first-order valence-corrected chi connectivity index (χ1v) is 10.7. The zero-order valence-electron chi connectivity index (χ0n) is 15.1. The van der Waals surface area contributed by atoms with Gasteiger partial charge in [-0.25, -0.2) is 8.42 Å². The van der Waals surface area contributed by atoms with Gasteiger partial charge in [-0.2, -0.15) is 4.31 Å². The summed E-state index contributed by atoms with van der Waals surface area (Å²) in [6.07, 6.45) is 1.27. The predicted octanol–water partition coefficient (Wildman–Crippen LogP) is 3.33. The summed E-state index contributed by atoms with van der Waals surface area (Å²) in [5, 5.41) is 16.1. The SMILES string of the molecule is CC(O)c1cccc(NC(=S)Nc2ccc(S(=O)(=O)N3CCCC3)cc2)c1. The molecule has 0 bridgehead atoms. The molecular weight excluding hydrogens is 382 g/mol. The number of nitrogens with zero attached hydrogens (tertiary/aromatic N) is 1. The molecule has 6 nitrogen and oxygen atoms in total. The first-order chi connectivity index (χ1) is 12.9. The minimum Gasteiger partial charge on any atom is -0.389 e. The Morgan fingerprint density at radius 2 is 1.70 bits per heavy atom. The van der Waals surface area contributed by atoms with Crippen LogP contribution in [0, 0.1) is 0 Å². The number of sulfonamides is 1. The summed E-state index contributed by atoms with van der Waals surface area (Å²) in [5.41, 5.74) is 2.25. The number of anilines is 2. The molecule has 2 aromatic carbocycles. The lowest BCUT2D eigenvalue weighted by Gasteiger charge is -2.16. The molecular formula is C19H23N3O3S2. The van der Waals surface area contributed by atoms with E-state index in [1.807, 2.05) is 24.3 Å². The molecule has 8 heteroatoms. The highest BCUT2D eigenvalue weighted by molar-refractivity contribution is 7.89. The van der Waals surface area contributed by atoms with E-state index in [1.54, 1.807) is 31.2 Å². The zero-order valence-corrected chi connectivity index (χ0v) is 16.7. The van der Waals surface area contributed by atoms with E-state index in [0.717, 1.165) is 24.1 Å². The van der Waals surface area contributed by atoms with Gasteiger partial charge >= 0.3 is 0 Å². The molecule has 0 spiro atoms. The molecule has 1 heterocycles. The summed E-state index contributed by atoms with van der Waals surface area (Å²) < 4.78 is 26.6. The van der Waals surface area contributed by atoms with Crippen LogP contribution in [0.25, 0.3) is 0 Å². The van der Waals surface area contributed by atoms with Crippen molar-refractivity contribution in [3.63, 3.8) is 0 Å². The van der Waals surface area contributed by atoms with E-state index in [1.165, 1.54) is 4.31 Å². The Morgan fingerprint density at radius 1 is 1.07 bits per heavy atom. The summed E-state index contributed by atoms with van der Waals surface area (Å²) in [6, 6.07) is 13.9. The fraction of sp³-hybridized carbons (Fsp3) is 0.316. The lowest BCUT2D eigenvalue weighted by Crippen LogP contribution is -2.27. The summed E-state index contributed by atoms with van der Waals surface area (Å²) in [5.74, 6) is 0. The van der Waals surface area contributed by atoms with Crippen molar-refractivity contribution < 1.29 is 13.5 Å². The van der Waals surface area contributed by atoms with Crippen LogP contribution in [0.1, 0.15) is 31.4 Å². The lowest BCUT2D eigenvalue weighted by atomic mass is 10.1. The quantitative estimate of drug-likeness (QED) is 0.662. The van der Waals surface area contributed by atoms with Gasteiger partial charge in [0.15, 0.2) is 5.11 Å². The van der Waals surface area contributed by atoms with Crippen molar-refractivity contribution in [1.82, 2.24) is 4.31 Å². The van der Waals surface area contributed by atoms with E-state index in [4.69, 9.17) is 12.2 Å². The van der Waals surface area contributed by atoms with E-state index in [2.05, 4.69) is 10.6 Å². The third kappa shape index (κ3) is 4.84. The highest BCUT2D eigenvalue weighted by Crippen LogP contribution is 2.22. The number of benzene rings is 2. The molecule has 3 rings (SSSR count). The Labute approximate surface area is 165 Å². The molecule has 1 unspecified atom stereocenters. The van der Waals surface area contributed by atoms with Crippen molar-refractivity contribution in [3.05, 3.63) is 54.1 Å². The second-order valence-electron chi connectivity index (χ2n) is 6.52. The van der Waals surface area contributed by atoms with Gasteiger partial charge in [-0.15, -0.1) is 0 Å². The Morgan fingerprint density at radius 3 is 2.33 bits per heavy atom. The minimum atomic E-state index is -3.41. The van der Waals surface area contributed by atoms with Crippen molar-refractivity contribution in [2.75, 3.05) is 23.7 Å². The average molecular weight is 406 g/mol. The first kappa shape index (κ1) is 19.8. The van der Waals surface area contributed by atoms with Gasteiger partial charge in [0.2, 0.25) is 10.0 Å². The third-order valence-electron chi connectivity index (χ3n) is 4.44. The number of aliphatic hydroxyl groups is 1. The molecule has 1 fully saturated rings. The first-order valence-electron chi connectivity index (χ1n) is 8.82. The number of thiocarbonyl (C=S) groups is 1. The molecule has 1 saturated heterocycles. The van der Waals surface area contributed by atoms with E-state index >= 15 is 0 Å². The zero-order chi connectivity index (χ0) is 19.4. The fourth-order valence-corrected chi connectivity index (χ4v) is 4.71. The van der Waals surface area contributed by atoms with Gasteiger partial charge in [0.05, 0.1) is 11.0 Å². The van der Waals surface area contributed by atoms with Crippen LogP contribution in [0.3, 0.4) is 0 Å². The Balaban J connectivity index is 1.64. The van der Waals surface area contributed by atoms with E-state index in [-0.39, 0.29) is 0 Å². The molecule has 3 N–H and O–H groups in total. The smallest absolute Gasteiger partial charge is 0.243 e. The molecule has 144 valence electrons.